The zero-order valence-electron chi connectivity index (χ0n) is 13.7. The highest BCUT2D eigenvalue weighted by molar-refractivity contribution is 7.99. The van der Waals surface area contributed by atoms with Crippen LogP contribution in [-0.4, -0.2) is 36.8 Å². The molecule has 3 aromatic heterocycles. The second-order valence-corrected chi connectivity index (χ2v) is 7.45. The Hall–Kier alpha value is -2.41. The van der Waals surface area contributed by atoms with Crippen molar-refractivity contribution < 1.29 is 4.79 Å². The Morgan fingerprint density at radius 2 is 1.92 bits per heavy atom. The van der Waals surface area contributed by atoms with Gasteiger partial charge in [0.05, 0.1) is 17.3 Å². The van der Waals surface area contributed by atoms with E-state index in [4.69, 9.17) is 0 Å². The molecule has 1 amide bonds. The van der Waals surface area contributed by atoms with Gasteiger partial charge in [-0.25, -0.2) is 14.5 Å². The highest BCUT2D eigenvalue weighted by Crippen LogP contribution is 2.31. The Morgan fingerprint density at radius 3 is 2.72 bits per heavy atom. The summed E-state index contributed by atoms with van der Waals surface area (Å²) in [5.74, 6) is -0.0382. The second kappa shape index (κ2) is 7.23. The molecule has 25 heavy (non-hydrogen) atoms. The Balaban J connectivity index is 1.33. The third kappa shape index (κ3) is 3.66. The van der Waals surface area contributed by atoms with E-state index >= 15 is 0 Å². The number of pyridine rings is 1. The molecule has 0 bridgehead atoms. The molecule has 0 aliphatic heterocycles. The summed E-state index contributed by atoms with van der Waals surface area (Å²) in [6, 6.07) is 7.78. The minimum Gasteiger partial charge on any atom is -0.349 e. The van der Waals surface area contributed by atoms with Gasteiger partial charge in [0.2, 0.25) is 0 Å². The number of hydrogen-bond acceptors (Lipinski definition) is 5. The third-order valence-electron chi connectivity index (χ3n) is 4.49. The highest BCUT2D eigenvalue weighted by Gasteiger charge is 2.25. The van der Waals surface area contributed by atoms with Crippen molar-refractivity contribution in [2.75, 3.05) is 0 Å². The molecule has 1 aliphatic rings. The lowest BCUT2D eigenvalue weighted by Gasteiger charge is -2.28. The molecule has 1 aliphatic carbocycles. The van der Waals surface area contributed by atoms with Gasteiger partial charge in [-0.2, -0.15) is 5.10 Å². The first-order valence-electron chi connectivity index (χ1n) is 8.46. The van der Waals surface area contributed by atoms with Crippen molar-refractivity contribution in [3.8, 4) is 0 Å². The van der Waals surface area contributed by atoms with Crippen LogP contribution in [0.4, 0.5) is 0 Å². The number of nitrogens with one attached hydrogen (secondary N) is 1. The molecule has 1 fully saturated rings. The standard InChI is InChI=1S/C18H19N5OS/c24-17(15-12-21-23-11-2-1-4-16(15)23)22-13-5-7-14(8-6-13)25-18-19-9-3-10-20-18/h1-4,9-14H,5-8H2,(H,22,24). The van der Waals surface area contributed by atoms with Gasteiger partial charge in [0.15, 0.2) is 5.16 Å². The van der Waals surface area contributed by atoms with Gasteiger partial charge in [-0.15, -0.1) is 0 Å². The first-order valence-corrected chi connectivity index (χ1v) is 9.34. The maximum atomic E-state index is 12.6. The van der Waals surface area contributed by atoms with Crippen molar-refractivity contribution in [3.05, 3.63) is 54.6 Å². The van der Waals surface area contributed by atoms with E-state index in [1.54, 1.807) is 34.9 Å². The topological polar surface area (TPSA) is 72.2 Å². The Labute approximate surface area is 150 Å². The predicted octanol–water partition coefficient (Wildman–Crippen LogP) is 2.96. The van der Waals surface area contributed by atoms with Gasteiger partial charge in [-0.05, 0) is 43.9 Å². The van der Waals surface area contributed by atoms with Crippen LogP contribution in [0.2, 0.25) is 0 Å². The lowest BCUT2D eigenvalue weighted by atomic mass is 9.95. The molecule has 0 aromatic carbocycles. The summed E-state index contributed by atoms with van der Waals surface area (Å²) in [5, 5.41) is 8.75. The fourth-order valence-electron chi connectivity index (χ4n) is 3.19. The summed E-state index contributed by atoms with van der Waals surface area (Å²) in [6.07, 6.45) is 11.1. The largest absolute Gasteiger partial charge is 0.349 e. The van der Waals surface area contributed by atoms with Crippen LogP contribution < -0.4 is 5.32 Å². The normalized spacial score (nSPS) is 20.5. The SMILES string of the molecule is O=C(NC1CCC(Sc2ncccn2)CC1)c1cnn2ccccc12. The smallest absolute Gasteiger partial charge is 0.255 e. The van der Waals surface area contributed by atoms with Crippen LogP contribution in [0.25, 0.3) is 5.52 Å². The molecule has 0 atom stereocenters. The maximum Gasteiger partial charge on any atom is 0.255 e. The molecule has 3 heterocycles. The summed E-state index contributed by atoms with van der Waals surface area (Å²) < 4.78 is 1.72. The Morgan fingerprint density at radius 1 is 1.12 bits per heavy atom. The Kier molecular flexibility index (Phi) is 4.65. The molecule has 4 rings (SSSR count). The van der Waals surface area contributed by atoms with E-state index in [2.05, 4.69) is 20.4 Å². The molecule has 0 unspecified atom stereocenters. The van der Waals surface area contributed by atoms with Crippen molar-refractivity contribution in [2.45, 2.75) is 42.1 Å². The van der Waals surface area contributed by atoms with Crippen LogP contribution in [-0.2, 0) is 0 Å². The average molecular weight is 353 g/mol. The number of aromatic nitrogens is 4. The van der Waals surface area contributed by atoms with E-state index in [1.165, 1.54) is 0 Å². The molecule has 3 aromatic rings. The van der Waals surface area contributed by atoms with Crippen LogP contribution in [0.5, 0.6) is 0 Å². The van der Waals surface area contributed by atoms with Crippen LogP contribution in [0.3, 0.4) is 0 Å². The fourth-order valence-corrected chi connectivity index (χ4v) is 4.24. The van der Waals surface area contributed by atoms with E-state index in [0.717, 1.165) is 36.4 Å². The van der Waals surface area contributed by atoms with E-state index in [0.29, 0.717) is 10.8 Å². The van der Waals surface area contributed by atoms with Gasteiger partial charge in [0.25, 0.3) is 5.91 Å². The van der Waals surface area contributed by atoms with E-state index < -0.39 is 0 Å². The fraction of sp³-hybridized carbons (Fsp3) is 0.333. The maximum absolute atomic E-state index is 12.6. The van der Waals surface area contributed by atoms with Crippen molar-refractivity contribution in [1.82, 2.24) is 24.9 Å². The number of amides is 1. The van der Waals surface area contributed by atoms with Gasteiger partial charge in [0, 0.05) is 29.9 Å². The molecule has 1 saturated carbocycles. The van der Waals surface area contributed by atoms with Crippen molar-refractivity contribution in [1.29, 1.82) is 0 Å². The predicted molar refractivity (Wildman–Crippen MR) is 96.6 cm³/mol. The van der Waals surface area contributed by atoms with E-state index in [1.807, 2.05) is 30.5 Å². The first-order chi connectivity index (χ1) is 12.3. The average Bonchev–Trinajstić information content (AvgIpc) is 3.08. The number of carbonyl (C=O) groups excluding carboxylic acids is 1. The summed E-state index contributed by atoms with van der Waals surface area (Å²) in [6.45, 7) is 0. The molecule has 128 valence electrons. The molecule has 0 saturated heterocycles. The minimum atomic E-state index is -0.0382. The Bertz CT molecular complexity index is 858. The quantitative estimate of drug-likeness (QED) is 0.730. The molecule has 1 N–H and O–H groups in total. The van der Waals surface area contributed by atoms with Gasteiger partial charge in [-0.3, -0.25) is 4.79 Å². The lowest BCUT2D eigenvalue weighted by Crippen LogP contribution is -2.38. The molecular formula is C18H19N5OS. The monoisotopic (exact) mass is 353 g/mol. The molecule has 7 heteroatoms. The number of hydrogen-bond donors (Lipinski definition) is 1. The van der Waals surface area contributed by atoms with Crippen LogP contribution >= 0.6 is 11.8 Å². The van der Waals surface area contributed by atoms with Crippen LogP contribution in [0.1, 0.15) is 36.0 Å². The number of fused-ring (bicyclic) bond motifs is 1. The van der Waals surface area contributed by atoms with Gasteiger partial charge in [-0.1, -0.05) is 17.8 Å². The molecule has 0 radical (unpaired) electrons. The first kappa shape index (κ1) is 16.1. The van der Waals surface area contributed by atoms with E-state index in [-0.39, 0.29) is 11.9 Å². The number of carbonyl (C=O) groups is 1. The summed E-state index contributed by atoms with van der Waals surface area (Å²) in [4.78, 5) is 21.1. The van der Waals surface area contributed by atoms with Crippen molar-refractivity contribution in [2.24, 2.45) is 0 Å². The molecule has 0 spiro atoms. The van der Waals surface area contributed by atoms with E-state index in [9.17, 15) is 4.79 Å². The number of nitrogens with zero attached hydrogens (tertiary/aromatic N) is 4. The summed E-state index contributed by atoms with van der Waals surface area (Å²) in [5.41, 5.74) is 1.47. The van der Waals surface area contributed by atoms with Crippen LogP contribution in [0.15, 0.2) is 54.2 Å². The zero-order chi connectivity index (χ0) is 17.1. The second-order valence-electron chi connectivity index (χ2n) is 6.19. The third-order valence-corrected chi connectivity index (χ3v) is 5.72. The number of thioether (sulfide) groups is 1. The lowest BCUT2D eigenvalue weighted by molar-refractivity contribution is 0.0930. The molecule has 6 nitrogen and oxygen atoms in total. The van der Waals surface area contributed by atoms with Gasteiger partial charge in [0.1, 0.15) is 0 Å². The van der Waals surface area contributed by atoms with Gasteiger partial charge >= 0.3 is 0 Å². The van der Waals surface area contributed by atoms with Crippen molar-refractivity contribution >= 4 is 23.2 Å². The van der Waals surface area contributed by atoms with Crippen molar-refractivity contribution in [3.63, 3.8) is 0 Å². The summed E-state index contributed by atoms with van der Waals surface area (Å²) in [7, 11) is 0. The number of rotatable bonds is 4. The summed E-state index contributed by atoms with van der Waals surface area (Å²) >= 11 is 1.74. The minimum absolute atomic E-state index is 0.0382. The molecular weight excluding hydrogens is 334 g/mol. The van der Waals surface area contributed by atoms with Crippen LogP contribution in [0, 0.1) is 0 Å². The van der Waals surface area contributed by atoms with Gasteiger partial charge < -0.3 is 5.32 Å². The zero-order valence-corrected chi connectivity index (χ0v) is 14.5. The highest BCUT2D eigenvalue weighted by atomic mass is 32.2.